The van der Waals surface area contributed by atoms with E-state index in [0.717, 1.165) is 5.56 Å². The molecule has 6 nitrogen and oxygen atoms in total. The zero-order valence-electron chi connectivity index (χ0n) is 10.9. The standard InChI is InChI=1S/C14H15N3O3/c18-12-14(6-8-17(9-7-14)13(19)20)16-11(15-12)10-4-2-1-3-5-10/h1-5H,6-9H2,(H,19,20)(H,15,16,18). The summed E-state index contributed by atoms with van der Waals surface area (Å²) < 4.78 is 0. The molecule has 1 saturated heterocycles. The van der Waals surface area contributed by atoms with Crippen LogP contribution < -0.4 is 5.32 Å². The minimum Gasteiger partial charge on any atom is -0.465 e. The molecule has 0 aliphatic carbocycles. The van der Waals surface area contributed by atoms with Crippen molar-refractivity contribution in [3.8, 4) is 0 Å². The molecule has 2 amide bonds. The van der Waals surface area contributed by atoms with E-state index in [0.29, 0.717) is 31.8 Å². The lowest BCUT2D eigenvalue weighted by atomic mass is 9.88. The molecule has 6 heteroatoms. The van der Waals surface area contributed by atoms with E-state index in [1.54, 1.807) is 0 Å². The summed E-state index contributed by atoms with van der Waals surface area (Å²) in [4.78, 5) is 29.0. The number of nitrogens with one attached hydrogen (secondary N) is 1. The van der Waals surface area contributed by atoms with E-state index >= 15 is 0 Å². The fourth-order valence-corrected chi connectivity index (χ4v) is 2.66. The molecular formula is C14H15N3O3. The van der Waals surface area contributed by atoms with E-state index in [1.807, 2.05) is 30.3 Å². The van der Waals surface area contributed by atoms with Crippen LogP contribution in [0.4, 0.5) is 4.79 Å². The first kappa shape index (κ1) is 12.7. The van der Waals surface area contributed by atoms with Gasteiger partial charge in [-0.1, -0.05) is 30.3 Å². The van der Waals surface area contributed by atoms with E-state index in [1.165, 1.54) is 4.90 Å². The highest BCUT2D eigenvalue weighted by molar-refractivity contribution is 6.15. The molecule has 0 unspecified atom stereocenters. The summed E-state index contributed by atoms with van der Waals surface area (Å²) in [5.41, 5.74) is 0.0790. The minimum absolute atomic E-state index is 0.124. The number of hydrogen-bond acceptors (Lipinski definition) is 3. The fraction of sp³-hybridized carbons (Fsp3) is 0.357. The maximum Gasteiger partial charge on any atom is 0.407 e. The van der Waals surface area contributed by atoms with Crippen LogP contribution in [-0.4, -0.2) is 46.5 Å². The number of rotatable bonds is 1. The van der Waals surface area contributed by atoms with E-state index in [9.17, 15) is 9.59 Å². The Morgan fingerprint density at radius 1 is 1.25 bits per heavy atom. The van der Waals surface area contributed by atoms with Crippen LogP contribution in [0.2, 0.25) is 0 Å². The van der Waals surface area contributed by atoms with E-state index < -0.39 is 11.6 Å². The quantitative estimate of drug-likeness (QED) is 0.803. The number of hydrogen-bond donors (Lipinski definition) is 2. The predicted molar refractivity (Wildman–Crippen MR) is 72.7 cm³/mol. The van der Waals surface area contributed by atoms with Crippen molar-refractivity contribution in [2.75, 3.05) is 13.1 Å². The predicted octanol–water partition coefficient (Wildman–Crippen LogP) is 1.08. The largest absolute Gasteiger partial charge is 0.465 e. The molecule has 2 N–H and O–H groups in total. The van der Waals surface area contributed by atoms with E-state index in [4.69, 9.17) is 5.11 Å². The molecule has 104 valence electrons. The summed E-state index contributed by atoms with van der Waals surface area (Å²) in [6.45, 7) is 0.683. The molecule has 2 aliphatic heterocycles. The topological polar surface area (TPSA) is 82.0 Å². The molecule has 3 rings (SSSR count). The lowest BCUT2D eigenvalue weighted by Gasteiger charge is -2.33. The van der Waals surface area contributed by atoms with Crippen molar-refractivity contribution in [3.63, 3.8) is 0 Å². The van der Waals surface area contributed by atoms with Gasteiger partial charge in [0.05, 0.1) is 0 Å². The van der Waals surface area contributed by atoms with Gasteiger partial charge < -0.3 is 15.3 Å². The first-order valence-corrected chi connectivity index (χ1v) is 6.55. The van der Waals surface area contributed by atoms with Crippen LogP contribution in [-0.2, 0) is 4.79 Å². The number of aliphatic imine (C=N–C) groups is 1. The maximum absolute atomic E-state index is 12.2. The summed E-state index contributed by atoms with van der Waals surface area (Å²) in [6, 6.07) is 9.47. The molecule has 1 aromatic rings. The van der Waals surface area contributed by atoms with Crippen LogP contribution >= 0.6 is 0 Å². The number of carboxylic acid groups (broad SMARTS) is 1. The smallest absolute Gasteiger partial charge is 0.407 e. The Kier molecular flexibility index (Phi) is 2.93. The average molecular weight is 273 g/mol. The zero-order chi connectivity index (χ0) is 14.2. The first-order chi connectivity index (χ1) is 9.61. The fourth-order valence-electron chi connectivity index (χ4n) is 2.66. The van der Waals surface area contributed by atoms with Gasteiger partial charge in [0.15, 0.2) is 0 Å². The third-order valence-electron chi connectivity index (χ3n) is 3.89. The summed E-state index contributed by atoms with van der Waals surface area (Å²) in [6.07, 6.45) is -0.0753. The SMILES string of the molecule is O=C(O)N1CCC2(CC1)N=C(c1ccccc1)NC2=O. The lowest BCUT2D eigenvalue weighted by molar-refractivity contribution is -0.125. The second-order valence-corrected chi connectivity index (χ2v) is 5.08. The molecule has 1 fully saturated rings. The van der Waals surface area contributed by atoms with Gasteiger partial charge in [0.1, 0.15) is 11.4 Å². The summed E-state index contributed by atoms with van der Waals surface area (Å²) in [5, 5.41) is 11.8. The second-order valence-electron chi connectivity index (χ2n) is 5.08. The van der Waals surface area contributed by atoms with Gasteiger partial charge in [-0.2, -0.15) is 0 Å². The summed E-state index contributed by atoms with van der Waals surface area (Å²) >= 11 is 0. The van der Waals surface area contributed by atoms with Gasteiger partial charge in [-0.3, -0.25) is 9.79 Å². The number of carbonyl (C=O) groups is 2. The summed E-state index contributed by atoms with van der Waals surface area (Å²) in [5.74, 6) is 0.459. The minimum atomic E-state index is -0.939. The first-order valence-electron chi connectivity index (χ1n) is 6.55. The van der Waals surface area contributed by atoms with Crippen molar-refractivity contribution < 1.29 is 14.7 Å². The number of amidine groups is 1. The monoisotopic (exact) mass is 273 g/mol. The Balaban J connectivity index is 1.83. The maximum atomic E-state index is 12.2. The Hall–Kier alpha value is -2.37. The molecular weight excluding hydrogens is 258 g/mol. The van der Waals surface area contributed by atoms with Gasteiger partial charge in [-0.25, -0.2) is 4.79 Å². The van der Waals surface area contributed by atoms with Gasteiger partial charge in [0, 0.05) is 18.7 Å². The van der Waals surface area contributed by atoms with E-state index in [-0.39, 0.29) is 5.91 Å². The van der Waals surface area contributed by atoms with Gasteiger partial charge in [-0.05, 0) is 12.8 Å². The lowest BCUT2D eigenvalue weighted by Crippen LogP contribution is -2.50. The highest BCUT2D eigenvalue weighted by Gasteiger charge is 2.46. The molecule has 2 aliphatic rings. The van der Waals surface area contributed by atoms with Crippen LogP contribution in [0, 0.1) is 0 Å². The summed E-state index contributed by atoms with van der Waals surface area (Å²) in [7, 11) is 0. The van der Waals surface area contributed by atoms with Crippen molar-refractivity contribution in [2.24, 2.45) is 4.99 Å². The van der Waals surface area contributed by atoms with Crippen molar-refractivity contribution in [3.05, 3.63) is 35.9 Å². The van der Waals surface area contributed by atoms with Gasteiger partial charge in [0.25, 0.3) is 5.91 Å². The molecule has 20 heavy (non-hydrogen) atoms. The van der Waals surface area contributed by atoms with Crippen LogP contribution in [0.1, 0.15) is 18.4 Å². The van der Waals surface area contributed by atoms with Crippen molar-refractivity contribution in [2.45, 2.75) is 18.4 Å². The highest BCUT2D eigenvalue weighted by atomic mass is 16.4. The zero-order valence-corrected chi connectivity index (χ0v) is 10.9. The Morgan fingerprint density at radius 3 is 2.50 bits per heavy atom. The number of amides is 2. The van der Waals surface area contributed by atoms with Crippen LogP contribution in [0.5, 0.6) is 0 Å². The van der Waals surface area contributed by atoms with E-state index in [2.05, 4.69) is 10.3 Å². The molecule has 0 bridgehead atoms. The number of likely N-dealkylation sites (tertiary alicyclic amines) is 1. The Labute approximate surface area is 116 Å². The van der Waals surface area contributed by atoms with Crippen LogP contribution in [0.25, 0.3) is 0 Å². The highest BCUT2D eigenvalue weighted by Crippen LogP contribution is 2.30. The molecule has 1 spiro atoms. The van der Waals surface area contributed by atoms with Crippen LogP contribution in [0.3, 0.4) is 0 Å². The normalized spacial score (nSPS) is 20.7. The van der Waals surface area contributed by atoms with Crippen LogP contribution in [0.15, 0.2) is 35.3 Å². The van der Waals surface area contributed by atoms with Gasteiger partial charge >= 0.3 is 6.09 Å². The molecule has 0 saturated carbocycles. The third-order valence-corrected chi connectivity index (χ3v) is 3.89. The molecule has 0 radical (unpaired) electrons. The molecule has 1 aromatic carbocycles. The van der Waals surface area contributed by atoms with Gasteiger partial charge in [-0.15, -0.1) is 0 Å². The second kappa shape index (κ2) is 4.63. The Bertz CT molecular complexity index is 575. The number of nitrogens with zero attached hydrogens (tertiary/aromatic N) is 2. The van der Waals surface area contributed by atoms with Gasteiger partial charge in [0.2, 0.25) is 0 Å². The van der Waals surface area contributed by atoms with Crippen molar-refractivity contribution >= 4 is 17.8 Å². The van der Waals surface area contributed by atoms with Crippen molar-refractivity contribution in [1.29, 1.82) is 0 Å². The number of carbonyl (C=O) groups excluding carboxylic acids is 1. The number of piperidine rings is 1. The third kappa shape index (κ3) is 2.03. The molecule has 2 heterocycles. The number of benzene rings is 1. The Morgan fingerprint density at radius 2 is 1.90 bits per heavy atom. The van der Waals surface area contributed by atoms with Crippen molar-refractivity contribution in [1.82, 2.24) is 10.2 Å². The molecule has 0 aromatic heterocycles. The average Bonchev–Trinajstić information content (AvgIpc) is 2.78. The molecule has 0 atom stereocenters.